The van der Waals surface area contributed by atoms with Gasteiger partial charge in [-0.15, -0.1) is 11.8 Å². The molecule has 4 heteroatoms. The normalized spacial score (nSPS) is 10.2. The second-order valence-corrected chi connectivity index (χ2v) is 4.82. The fourth-order valence-electron chi connectivity index (χ4n) is 1.55. The number of benzene rings is 1. The van der Waals surface area contributed by atoms with Gasteiger partial charge in [0, 0.05) is 24.2 Å². The van der Waals surface area contributed by atoms with Gasteiger partial charge in [0.15, 0.2) is 0 Å². The Bertz CT molecular complexity index is 377. The predicted octanol–water partition coefficient (Wildman–Crippen LogP) is 2.54. The van der Waals surface area contributed by atoms with Crippen LogP contribution in [-0.2, 0) is 0 Å². The third kappa shape index (κ3) is 2.70. The fourth-order valence-corrected chi connectivity index (χ4v) is 2.40. The van der Waals surface area contributed by atoms with Gasteiger partial charge >= 0.3 is 0 Å². The highest BCUT2D eigenvalue weighted by atomic mass is 32.2. The van der Waals surface area contributed by atoms with Crippen LogP contribution in [0.5, 0.6) is 0 Å². The lowest BCUT2D eigenvalue weighted by Crippen LogP contribution is -2.22. The monoisotopic (exact) mass is 237 g/mol. The average Bonchev–Trinajstić information content (AvgIpc) is 2.27. The van der Waals surface area contributed by atoms with E-state index in [9.17, 15) is 0 Å². The van der Waals surface area contributed by atoms with Crippen molar-refractivity contribution < 1.29 is 0 Å². The van der Waals surface area contributed by atoms with Crippen LogP contribution >= 0.6 is 11.8 Å². The first-order chi connectivity index (χ1) is 7.61. The summed E-state index contributed by atoms with van der Waals surface area (Å²) in [4.78, 5) is 3.20. The minimum absolute atomic E-state index is 0.145. The molecule has 3 nitrogen and oxygen atoms in total. The third-order valence-electron chi connectivity index (χ3n) is 2.46. The average molecular weight is 237 g/mol. The van der Waals surface area contributed by atoms with Crippen molar-refractivity contribution in [3.05, 3.63) is 23.8 Å². The van der Waals surface area contributed by atoms with Gasteiger partial charge in [-0.1, -0.05) is 13.0 Å². The lowest BCUT2D eigenvalue weighted by atomic mass is 10.1. The fraction of sp³-hybridized carbons (Fsp3) is 0.417. The molecule has 0 bridgehead atoms. The number of anilines is 1. The van der Waals surface area contributed by atoms with Crippen molar-refractivity contribution in [2.45, 2.75) is 18.7 Å². The van der Waals surface area contributed by atoms with E-state index in [4.69, 9.17) is 11.1 Å². The number of rotatable bonds is 5. The summed E-state index contributed by atoms with van der Waals surface area (Å²) >= 11 is 1.72. The van der Waals surface area contributed by atoms with Crippen molar-refractivity contribution in [1.82, 2.24) is 0 Å². The first kappa shape index (κ1) is 12.9. The molecule has 0 spiro atoms. The molecule has 0 aromatic heterocycles. The largest absolute Gasteiger partial charge is 0.384 e. The molecule has 0 atom stereocenters. The van der Waals surface area contributed by atoms with E-state index in [1.807, 2.05) is 25.2 Å². The number of thioether (sulfide) groups is 1. The van der Waals surface area contributed by atoms with Gasteiger partial charge in [0.1, 0.15) is 5.84 Å². The number of nitrogens with zero attached hydrogens (tertiary/aromatic N) is 1. The van der Waals surface area contributed by atoms with Crippen molar-refractivity contribution in [2.75, 3.05) is 24.2 Å². The summed E-state index contributed by atoms with van der Waals surface area (Å²) in [5, 5.41) is 7.70. The summed E-state index contributed by atoms with van der Waals surface area (Å²) in [7, 11) is 2.02. The second-order valence-electron chi connectivity index (χ2n) is 3.51. The molecule has 0 heterocycles. The molecule has 88 valence electrons. The molecule has 16 heavy (non-hydrogen) atoms. The van der Waals surface area contributed by atoms with Gasteiger partial charge in [-0.2, -0.15) is 0 Å². The van der Waals surface area contributed by atoms with E-state index in [-0.39, 0.29) is 5.84 Å². The van der Waals surface area contributed by atoms with Crippen LogP contribution in [0, 0.1) is 5.41 Å². The van der Waals surface area contributed by atoms with Crippen LogP contribution in [0.4, 0.5) is 5.69 Å². The zero-order valence-corrected chi connectivity index (χ0v) is 10.9. The number of amidine groups is 1. The van der Waals surface area contributed by atoms with Crippen LogP contribution < -0.4 is 10.6 Å². The number of nitrogen functional groups attached to an aromatic ring is 1. The van der Waals surface area contributed by atoms with Crippen molar-refractivity contribution in [3.63, 3.8) is 0 Å². The van der Waals surface area contributed by atoms with E-state index in [1.165, 1.54) is 0 Å². The summed E-state index contributed by atoms with van der Waals surface area (Å²) < 4.78 is 0. The van der Waals surface area contributed by atoms with E-state index in [0.29, 0.717) is 0 Å². The Hall–Kier alpha value is -1.16. The van der Waals surface area contributed by atoms with Gasteiger partial charge in [-0.05, 0) is 24.8 Å². The van der Waals surface area contributed by atoms with Gasteiger partial charge in [-0.25, -0.2) is 0 Å². The molecule has 0 saturated carbocycles. The summed E-state index contributed by atoms with van der Waals surface area (Å²) in [5.74, 6) is 1.13. The molecule has 1 aromatic rings. The molecule has 0 radical (unpaired) electrons. The number of hydrogen-bond acceptors (Lipinski definition) is 3. The Labute approximate surface area is 102 Å². The molecular formula is C12H19N3S. The maximum Gasteiger partial charge on any atom is 0.126 e. The third-order valence-corrected chi connectivity index (χ3v) is 3.40. The SMILES string of the molecule is CCSc1cccc(N(C)CC)c1C(=N)N. The smallest absolute Gasteiger partial charge is 0.126 e. The van der Waals surface area contributed by atoms with E-state index < -0.39 is 0 Å². The molecule has 0 aliphatic heterocycles. The van der Waals surface area contributed by atoms with Crippen molar-refractivity contribution in [2.24, 2.45) is 5.73 Å². The zero-order valence-electron chi connectivity index (χ0n) is 10.1. The Balaban J connectivity index is 3.26. The van der Waals surface area contributed by atoms with Gasteiger partial charge in [-0.3, -0.25) is 5.41 Å². The Morgan fingerprint density at radius 1 is 1.44 bits per heavy atom. The van der Waals surface area contributed by atoms with Crippen molar-refractivity contribution >= 4 is 23.3 Å². The number of nitrogens with one attached hydrogen (secondary N) is 1. The van der Waals surface area contributed by atoms with E-state index in [2.05, 4.69) is 18.7 Å². The molecular weight excluding hydrogens is 218 g/mol. The molecule has 0 fully saturated rings. The molecule has 0 aliphatic carbocycles. The molecule has 1 rings (SSSR count). The van der Waals surface area contributed by atoms with Crippen LogP contribution in [0.1, 0.15) is 19.4 Å². The van der Waals surface area contributed by atoms with Crippen molar-refractivity contribution in [3.8, 4) is 0 Å². The highest BCUT2D eigenvalue weighted by molar-refractivity contribution is 7.99. The highest BCUT2D eigenvalue weighted by Gasteiger charge is 2.13. The predicted molar refractivity (Wildman–Crippen MR) is 72.8 cm³/mol. The first-order valence-corrected chi connectivity index (χ1v) is 6.41. The summed E-state index contributed by atoms with van der Waals surface area (Å²) in [6.45, 7) is 5.09. The molecule has 0 amide bonds. The quantitative estimate of drug-likeness (QED) is 0.470. The lowest BCUT2D eigenvalue weighted by molar-refractivity contribution is 0.961. The molecule has 1 aromatic carbocycles. The molecule has 0 unspecified atom stereocenters. The van der Waals surface area contributed by atoms with Crippen LogP contribution in [0.15, 0.2) is 23.1 Å². The van der Waals surface area contributed by atoms with E-state index in [0.717, 1.165) is 28.4 Å². The minimum Gasteiger partial charge on any atom is -0.384 e. The van der Waals surface area contributed by atoms with Crippen LogP contribution in [-0.4, -0.2) is 25.2 Å². The van der Waals surface area contributed by atoms with Gasteiger partial charge < -0.3 is 10.6 Å². The van der Waals surface area contributed by atoms with E-state index >= 15 is 0 Å². The zero-order chi connectivity index (χ0) is 12.1. The highest BCUT2D eigenvalue weighted by Crippen LogP contribution is 2.29. The molecule has 0 saturated heterocycles. The van der Waals surface area contributed by atoms with Crippen molar-refractivity contribution in [1.29, 1.82) is 5.41 Å². The molecule has 3 N–H and O–H groups in total. The summed E-state index contributed by atoms with van der Waals surface area (Å²) in [6, 6.07) is 6.06. The maximum absolute atomic E-state index is 7.70. The summed E-state index contributed by atoms with van der Waals surface area (Å²) in [6.07, 6.45) is 0. The lowest BCUT2D eigenvalue weighted by Gasteiger charge is -2.22. The van der Waals surface area contributed by atoms with Gasteiger partial charge in [0.25, 0.3) is 0 Å². The Kier molecular flexibility index (Phi) is 4.68. The van der Waals surface area contributed by atoms with Gasteiger partial charge in [0.05, 0.1) is 5.56 Å². The Morgan fingerprint density at radius 3 is 2.62 bits per heavy atom. The minimum atomic E-state index is 0.145. The summed E-state index contributed by atoms with van der Waals surface area (Å²) in [5.41, 5.74) is 7.58. The first-order valence-electron chi connectivity index (χ1n) is 5.43. The standard InChI is InChI=1S/C12H19N3S/c1-4-15(3)9-7-6-8-10(16-5-2)11(9)12(13)14/h6-8H,4-5H2,1-3H3,(H3,13,14). The van der Waals surface area contributed by atoms with Crippen LogP contribution in [0.25, 0.3) is 0 Å². The number of nitrogens with two attached hydrogens (primary N) is 1. The number of hydrogen-bond donors (Lipinski definition) is 2. The van der Waals surface area contributed by atoms with Gasteiger partial charge in [0.2, 0.25) is 0 Å². The maximum atomic E-state index is 7.70. The topological polar surface area (TPSA) is 53.1 Å². The molecule has 0 aliphatic rings. The van der Waals surface area contributed by atoms with E-state index in [1.54, 1.807) is 11.8 Å². The second kappa shape index (κ2) is 5.80. The Morgan fingerprint density at radius 2 is 2.12 bits per heavy atom. The van der Waals surface area contributed by atoms with Crippen LogP contribution in [0.2, 0.25) is 0 Å². The van der Waals surface area contributed by atoms with Crippen LogP contribution in [0.3, 0.4) is 0 Å².